The highest BCUT2D eigenvalue weighted by Crippen LogP contribution is 2.10. The van der Waals surface area contributed by atoms with Gasteiger partial charge in [-0.05, 0) is 18.4 Å². The van der Waals surface area contributed by atoms with Crippen LogP contribution >= 0.6 is 0 Å². The van der Waals surface area contributed by atoms with Crippen LogP contribution in [0.25, 0.3) is 0 Å². The minimum Gasteiger partial charge on any atom is -0.481 e. The molecule has 1 rings (SSSR count). The summed E-state index contributed by atoms with van der Waals surface area (Å²) in [6.07, 6.45) is 0.997. The normalized spacial score (nSPS) is 12.8. The maximum atomic E-state index is 11.7. The van der Waals surface area contributed by atoms with Gasteiger partial charge in [0, 0.05) is 22.6 Å². The van der Waals surface area contributed by atoms with Gasteiger partial charge in [0.15, 0.2) is 0 Å². The summed E-state index contributed by atoms with van der Waals surface area (Å²) in [6, 6.07) is 5.55. The second-order valence-electron chi connectivity index (χ2n) is 4.14. The monoisotopic (exact) mass is 241 g/mol. The number of nitrogens with zero attached hydrogens (tertiary/aromatic N) is 1. The van der Waals surface area contributed by atoms with Gasteiger partial charge in [-0.3, -0.25) is 4.21 Å². The zero-order valence-electron chi connectivity index (χ0n) is 10.1. The first-order valence-corrected chi connectivity index (χ1v) is 6.95. The molecule has 0 saturated carbocycles. The molecule has 0 amide bonds. The number of methoxy groups -OCH3 is 1. The van der Waals surface area contributed by atoms with Crippen LogP contribution in [0.15, 0.2) is 18.2 Å². The topological polar surface area (TPSA) is 39.2 Å². The van der Waals surface area contributed by atoms with E-state index in [4.69, 9.17) is 4.74 Å². The van der Waals surface area contributed by atoms with E-state index in [1.165, 1.54) is 0 Å². The third kappa shape index (κ3) is 4.75. The third-order valence-electron chi connectivity index (χ3n) is 2.22. The maximum absolute atomic E-state index is 11.7. The fourth-order valence-corrected chi connectivity index (χ4v) is 2.63. The zero-order valence-corrected chi connectivity index (χ0v) is 10.9. The molecule has 0 unspecified atom stereocenters. The molecule has 0 aliphatic carbocycles. The lowest BCUT2D eigenvalue weighted by molar-refractivity contribution is 0.397. The van der Waals surface area contributed by atoms with Crippen molar-refractivity contribution >= 4 is 10.8 Å². The molecule has 1 aromatic heterocycles. The lowest BCUT2D eigenvalue weighted by Crippen LogP contribution is -2.05. The molecule has 1 heterocycles. The Kier molecular flexibility index (Phi) is 5.46. The van der Waals surface area contributed by atoms with E-state index in [1.54, 1.807) is 13.2 Å². The molecule has 0 aliphatic rings. The van der Waals surface area contributed by atoms with Gasteiger partial charge in [0.05, 0.1) is 18.6 Å². The van der Waals surface area contributed by atoms with Crippen molar-refractivity contribution in [1.29, 1.82) is 0 Å². The lowest BCUT2D eigenvalue weighted by Gasteiger charge is -2.05. The van der Waals surface area contributed by atoms with Crippen LogP contribution in [-0.2, 0) is 16.6 Å². The average molecular weight is 241 g/mol. The predicted molar refractivity (Wildman–Crippen MR) is 67.0 cm³/mol. The highest BCUT2D eigenvalue weighted by Gasteiger charge is 2.05. The summed E-state index contributed by atoms with van der Waals surface area (Å²) >= 11 is 0. The first-order valence-electron chi connectivity index (χ1n) is 5.46. The van der Waals surface area contributed by atoms with Crippen LogP contribution in [0.1, 0.15) is 26.0 Å². The van der Waals surface area contributed by atoms with Gasteiger partial charge in [-0.25, -0.2) is 4.98 Å². The van der Waals surface area contributed by atoms with Crippen molar-refractivity contribution in [2.45, 2.75) is 26.0 Å². The van der Waals surface area contributed by atoms with Gasteiger partial charge >= 0.3 is 0 Å². The van der Waals surface area contributed by atoms with Crippen molar-refractivity contribution in [2.24, 2.45) is 5.92 Å². The van der Waals surface area contributed by atoms with Gasteiger partial charge in [-0.2, -0.15) is 0 Å². The largest absolute Gasteiger partial charge is 0.481 e. The Morgan fingerprint density at radius 1 is 1.44 bits per heavy atom. The minimum absolute atomic E-state index is 0.518. The Morgan fingerprint density at radius 3 is 2.81 bits per heavy atom. The van der Waals surface area contributed by atoms with E-state index in [0.29, 0.717) is 17.6 Å². The van der Waals surface area contributed by atoms with Crippen LogP contribution in [0.5, 0.6) is 5.88 Å². The van der Waals surface area contributed by atoms with Gasteiger partial charge < -0.3 is 4.74 Å². The Bertz CT molecular complexity index is 353. The van der Waals surface area contributed by atoms with Crippen molar-refractivity contribution in [1.82, 2.24) is 4.98 Å². The molecule has 90 valence electrons. The molecule has 0 radical (unpaired) electrons. The van der Waals surface area contributed by atoms with Gasteiger partial charge in [-0.1, -0.05) is 19.9 Å². The number of hydrogen-bond acceptors (Lipinski definition) is 3. The molecule has 0 N–H and O–H groups in total. The highest BCUT2D eigenvalue weighted by atomic mass is 32.2. The second kappa shape index (κ2) is 6.63. The minimum atomic E-state index is -0.820. The summed E-state index contributed by atoms with van der Waals surface area (Å²) in [4.78, 5) is 4.24. The molecule has 1 aromatic rings. The summed E-state index contributed by atoms with van der Waals surface area (Å²) in [5.41, 5.74) is 0.835. The molecular weight excluding hydrogens is 222 g/mol. The first-order chi connectivity index (χ1) is 7.61. The molecule has 0 aromatic carbocycles. The lowest BCUT2D eigenvalue weighted by atomic mass is 10.2. The molecular formula is C12H19NO2S. The molecule has 0 fully saturated rings. The van der Waals surface area contributed by atoms with Crippen LogP contribution in [-0.4, -0.2) is 22.1 Å². The molecule has 0 spiro atoms. The Labute approximate surface area is 99.7 Å². The molecule has 0 aliphatic heterocycles. The number of pyridine rings is 1. The Morgan fingerprint density at radius 2 is 2.19 bits per heavy atom. The van der Waals surface area contributed by atoms with Crippen molar-refractivity contribution < 1.29 is 8.95 Å². The molecule has 16 heavy (non-hydrogen) atoms. The van der Waals surface area contributed by atoms with E-state index in [2.05, 4.69) is 18.8 Å². The number of rotatable bonds is 6. The van der Waals surface area contributed by atoms with Crippen molar-refractivity contribution in [3.63, 3.8) is 0 Å². The van der Waals surface area contributed by atoms with E-state index in [9.17, 15) is 4.21 Å². The Hall–Kier alpha value is -0.900. The fourth-order valence-electron chi connectivity index (χ4n) is 1.26. The van der Waals surface area contributed by atoms with E-state index in [1.807, 2.05) is 12.1 Å². The van der Waals surface area contributed by atoms with E-state index in [-0.39, 0.29) is 0 Å². The van der Waals surface area contributed by atoms with Crippen LogP contribution in [0, 0.1) is 5.92 Å². The van der Waals surface area contributed by atoms with Crippen molar-refractivity contribution in [3.05, 3.63) is 23.9 Å². The van der Waals surface area contributed by atoms with E-state index < -0.39 is 10.8 Å². The highest BCUT2D eigenvalue weighted by molar-refractivity contribution is 7.84. The van der Waals surface area contributed by atoms with Gasteiger partial charge in [0.25, 0.3) is 0 Å². The predicted octanol–water partition coefficient (Wildman–Crippen LogP) is 2.39. The number of aromatic nitrogens is 1. The van der Waals surface area contributed by atoms with Gasteiger partial charge in [-0.15, -0.1) is 0 Å². The zero-order chi connectivity index (χ0) is 12.0. The fraction of sp³-hybridized carbons (Fsp3) is 0.583. The molecule has 1 atom stereocenters. The molecule has 0 bridgehead atoms. The Balaban J connectivity index is 2.49. The van der Waals surface area contributed by atoms with Crippen molar-refractivity contribution in [2.75, 3.05) is 12.9 Å². The quantitative estimate of drug-likeness (QED) is 0.767. The number of hydrogen-bond donors (Lipinski definition) is 0. The summed E-state index contributed by atoms with van der Waals surface area (Å²) in [6.45, 7) is 4.28. The van der Waals surface area contributed by atoms with Gasteiger partial charge in [0.2, 0.25) is 5.88 Å². The summed E-state index contributed by atoms with van der Waals surface area (Å²) in [5, 5.41) is 0. The summed E-state index contributed by atoms with van der Waals surface area (Å²) in [7, 11) is 0.765. The second-order valence-corrected chi connectivity index (χ2v) is 5.72. The standard InChI is InChI=1S/C12H19NO2S/c1-10(2)7-8-16(14)9-11-5-4-6-12(13-11)15-3/h4-6,10H,7-9H2,1-3H3/t16-/m1/s1. The van der Waals surface area contributed by atoms with Crippen LogP contribution in [0.3, 0.4) is 0 Å². The summed E-state index contributed by atoms with van der Waals surface area (Å²) in [5.74, 6) is 2.45. The third-order valence-corrected chi connectivity index (χ3v) is 3.53. The average Bonchev–Trinajstić information content (AvgIpc) is 2.26. The van der Waals surface area contributed by atoms with Crippen LogP contribution in [0.4, 0.5) is 0 Å². The SMILES string of the molecule is COc1cccc(C[S@](=O)CCC(C)C)n1. The molecule has 0 saturated heterocycles. The summed E-state index contributed by atoms with van der Waals surface area (Å²) < 4.78 is 16.8. The van der Waals surface area contributed by atoms with E-state index in [0.717, 1.165) is 17.9 Å². The molecule has 3 nitrogen and oxygen atoms in total. The first kappa shape index (κ1) is 13.2. The van der Waals surface area contributed by atoms with E-state index >= 15 is 0 Å². The maximum Gasteiger partial charge on any atom is 0.213 e. The van der Waals surface area contributed by atoms with Crippen molar-refractivity contribution in [3.8, 4) is 5.88 Å². The van der Waals surface area contributed by atoms with Crippen LogP contribution < -0.4 is 4.74 Å². The smallest absolute Gasteiger partial charge is 0.213 e. The van der Waals surface area contributed by atoms with Gasteiger partial charge in [0.1, 0.15) is 0 Å². The molecule has 4 heteroatoms. The van der Waals surface area contributed by atoms with Crippen LogP contribution in [0.2, 0.25) is 0 Å². The number of ether oxygens (including phenoxy) is 1.